The van der Waals surface area contributed by atoms with Gasteiger partial charge in [0.1, 0.15) is 0 Å². The molecule has 1 aliphatic rings. The van der Waals surface area contributed by atoms with Crippen molar-refractivity contribution in [3.8, 4) is 11.5 Å². The summed E-state index contributed by atoms with van der Waals surface area (Å²) in [5, 5.41) is 2.75. The van der Waals surface area contributed by atoms with E-state index in [0.29, 0.717) is 31.1 Å². The van der Waals surface area contributed by atoms with Crippen LogP contribution in [0, 0.1) is 0 Å². The summed E-state index contributed by atoms with van der Waals surface area (Å²) in [6.07, 6.45) is 1.14. The van der Waals surface area contributed by atoms with Crippen molar-refractivity contribution in [1.29, 1.82) is 0 Å². The number of esters is 1. The first kappa shape index (κ1) is 22.3. The largest absolute Gasteiger partial charge is 0.490 e. The standard InChI is InChI=1S/C18H24ClNO7S/c1-3-6-26-17-14(19)8-12(9-15(17)25-4-2)18(22)27-10-16(21)20-13-5-7-28(23,24)11-13/h8-9,13H,3-7,10-11H2,1-2H3,(H,20,21). The van der Waals surface area contributed by atoms with Gasteiger partial charge in [0.05, 0.1) is 35.3 Å². The van der Waals surface area contributed by atoms with Gasteiger partial charge in [0.2, 0.25) is 0 Å². The van der Waals surface area contributed by atoms with Crippen molar-refractivity contribution in [1.82, 2.24) is 5.32 Å². The molecule has 8 nitrogen and oxygen atoms in total. The molecule has 156 valence electrons. The Morgan fingerprint density at radius 3 is 2.61 bits per heavy atom. The molecule has 2 rings (SSSR count). The van der Waals surface area contributed by atoms with Crippen molar-refractivity contribution in [3.05, 3.63) is 22.7 Å². The van der Waals surface area contributed by atoms with Gasteiger partial charge in [-0.3, -0.25) is 4.79 Å². The first-order valence-electron chi connectivity index (χ1n) is 9.01. The number of carbonyl (C=O) groups is 2. The maximum absolute atomic E-state index is 12.3. The predicted octanol–water partition coefficient (Wildman–Crippen LogP) is 1.99. The van der Waals surface area contributed by atoms with E-state index in [9.17, 15) is 18.0 Å². The molecule has 10 heteroatoms. The van der Waals surface area contributed by atoms with Crippen LogP contribution in [0.1, 0.15) is 37.0 Å². The molecular formula is C18H24ClNO7S. The number of nitrogens with one attached hydrogen (secondary N) is 1. The van der Waals surface area contributed by atoms with E-state index in [1.165, 1.54) is 12.1 Å². The van der Waals surface area contributed by atoms with Crippen molar-refractivity contribution >= 4 is 33.3 Å². The van der Waals surface area contributed by atoms with E-state index >= 15 is 0 Å². The fourth-order valence-electron chi connectivity index (χ4n) is 2.69. The summed E-state index contributed by atoms with van der Waals surface area (Å²) < 4.78 is 38.9. The maximum atomic E-state index is 12.3. The van der Waals surface area contributed by atoms with E-state index in [-0.39, 0.29) is 22.1 Å². The highest BCUT2D eigenvalue weighted by molar-refractivity contribution is 7.91. The second-order valence-corrected chi connectivity index (χ2v) is 8.95. The zero-order valence-corrected chi connectivity index (χ0v) is 17.4. The van der Waals surface area contributed by atoms with Crippen LogP contribution >= 0.6 is 11.6 Å². The summed E-state index contributed by atoms with van der Waals surface area (Å²) >= 11 is 6.20. The number of hydrogen-bond acceptors (Lipinski definition) is 7. The van der Waals surface area contributed by atoms with Gasteiger partial charge in [-0.15, -0.1) is 0 Å². The van der Waals surface area contributed by atoms with Crippen molar-refractivity contribution in [3.63, 3.8) is 0 Å². The van der Waals surface area contributed by atoms with Crippen LogP contribution in [-0.2, 0) is 19.4 Å². The molecule has 28 heavy (non-hydrogen) atoms. The highest BCUT2D eigenvalue weighted by Crippen LogP contribution is 2.37. The fraction of sp³-hybridized carbons (Fsp3) is 0.556. The summed E-state index contributed by atoms with van der Waals surface area (Å²) in [7, 11) is -3.10. The van der Waals surface area contributed by atoms with Gasteiger partial charge in [0, 0.05) is 6.04 Å². The topological polar surface area (TPSA) is 108 Å². The molecular weight excluding hydrogens is 410 g/mol. The van der Waals surface area contributed by atoms with Crippen LogP contribution in [0.15, 0.2) is 12.1 Å². The third-order valence-electron chi connectivity index (χ3n) is 3.93. The van der Waals surface area contributed by atoms with Crippen LogP contribution in [0.4, 0.5) is 0 Å². The number of halogens is 1. The van der Waals surface area contributed by atoms with Crippen LogP contribution in [0.3, 0.4) is 0 Å². The molecule has 0 saturated carbocycles. The minimum absolute atomic E-state index is 0.0445. The summed E-state index contributed by atoms with van der Waals surface area (Å²) in [6, 6.07) is 2.38. The van der Waals surface area contributed by atoms with Gasteiger partial charge in [-0.05, 0) is 31.9 Å². The lowest BCUT2D eigenvalue weighted by Crippen LogP contribution is -2.38. The zero-order chi connectivity index (χ0) is 20.7. The van der Waals surface area contributed by atoms with Crippen LogP contribution in [-0.4, -0.2) is 57.7 Å². The third kappa shape index (κ3) is 6.27. The smallest absolute Gasteiger partial charge is 0.338 e. The van der Waals surface area contributed by atoms with Crippen LogP contribution in [0.25, 0.3) is 0 Å². The summed E-state index contributed by atoms with van der Waals surface area (Å²) in [6.45, 7) is 4.01. The lowest BCUT2D eigenvalue weighted by molar-refractivity contribution is -0.124. The molecule has 0 spiro atoms. The quantitative estimate of drug-likeness (QED) is 0.593. The van der Waals surface area contributed by atoms with E-state index in [4.69, 9.17) is 25.8 Å². The lowest BCUT2D eigenvalue weighted by Gasteiger charge is -2.15. The van der Waals surface area contributed by atoms with Crippen molar-refractivity contribution in [2.45, 2.75) is 32.7 Å². The molecule has 1 unspecified atom stereocenters. The van der Waals surface area contributed by atoms with E-state index in [1.807, 2.05) is 6.92 Å². The van der Waals surface area contributed by atoms with Gasteiger partial charge < -0.3 is 19.5 Å². The van der Waals surface area contributed by atoms with Gasteiger partial charge in [0.25, 0.3) is 5.91 Å². The molecule has 0 aliphatic carbocycles. The van der Waals surface area contributed by atoms with Crippen LogP contribution in [0.5, 0.6) is 11.5 Å². The highest BCUT2D eigenvalue weighted by atomic mass is 35.5. The SMILES string of the molecule is CCCOc1c(Cl)cc(C(=O)OCC(=O)NC2CCS(=O)(=O)C2)cc1OCC. The Morgan fingerprint density at radius 1 is 1.25 bits per heavy atom. The van der Waals surface area contributed by atoms with Crippen LogP contribution < -0.4 is 14.8 Å². The molecule has 1 fully saturated rings. The maximum Gasteiger partial charge on any atom is 0.338 e. The molecule has 1 heterocycles. The second-order valence-electron chi connectivity index (χ2n) is 6.31. The number of amides is 1. The molecule has 1 aliphatic heterocycles. The monoisotopic (exact) mass is 433 g/mol. The Morgan fingerprint density at radius 2 is 2.00 bits per heavy atom. The number of carbonyl (C=O) groups excluding carboxylic acids is 2. The second kappa shape index (κ2) is 9.97. The number of benzene rings is 1. The Hall–Kier alpha value is -2.00. The van der Waals surface area contributed by atoms with Gasteiger partial charge in [0.15, 0.2) is 27.9 Å². The molecule has 1 atom stereocenters. The molecule has 1 aromatic rings. The molecule has 1 N–H and O–H groups in total. The van der Waals surface area contributed by atoms with Gasteiger partial charge >= 0.3 is 5.97 Å². The van der Waals surface area contributed by atoms with Crippen LogP contribution in [0.2, 0.25) is 5.02 Å². The van der Waals surface area contributed by atoms with Crippen molar-refractivity contribution in [2.24, 2.45) is 0 Å². The van der Waals surface area contributed by atoms with E-state index in [1.54, 1.807) is 6.92 Å². The third-order valence-corrected chi connectivity index (χ3v) is 5.98. The first-order valence-corrected chi connectivity index (χ1v) is 11.2. The lowest BCUT2D eigenvalue weighted by atomic mass is 10.2. The Balaban J connectivity index is 1.98. The molecule has 0 radical (unpaired) electrons. The van der Waals surface area contributed by atoms with Crippen molar-refractivity contribution in [2.75, 3.05) is 31.3 Å². The zero-order valence-electron chi connectivity index (χ0n) is 15.8. The molecule has 1 amide bonds. The fourth-order valence-corrected chi connectivity index (χ4v) is 4.62. The minimum Gasteiger partial charge on any atom is -0.490 e. The predicted molar refractivity (Wildman–Crippen MR) is 104 cm³/mol. The summed E-state index contributed by atoms with van der Waals surface area (Å²) in [5.74, 6) is -0.700. The van der Waals surface area contributed by atoms with E-state index in [0.717, 1.165) is 6.42 Å². The Labute approximate surface area is 169 Å². The molecule has 0 bridgehead atoms. The Kier molecular flexibility index (Phi) is 7.94. The van der Waals surface area contributed by atoms with E-state index < -0.39 is 34.4 Å². The number of ether oxygens (including phenoxy) is 3. The van der Waals surface area contributed by atoms with Gasteiger partial charge in [-0.2, -0.15) is 0 Å². The van der Waals surface area contributed by atoms with E-state index in [2.05, 4.69) is 5.32 Å². The van der Waals surface area contributed by atoms with Crippen molar-refractivity contribution < 1.29 is 32.2 Å². The number of sulfone groups is 1. The highest BCUT2D eigenvalue weighted by Gasteiger charge is 2.29. The summed E-state index contributed by atoms with van der Waals surface area (Å²) in [4.78, 5) is 24.2. The first-order chi connectivity index (χ1) is 13.3. The number of rotatable bonds is 9. The molecule has 1 aromatic carbocycles. The molecule has 0 aromatic heterocycles. The normalized spacial score (nSPS) is 17.8. The average molecular weight is 434 g/mol. The van der Waals surface area contributed by atoms with Gasteiger partial charge in [-0.1, -0.05) is 18.5 Å². The summed E-state index contributed by atoms with van der Waals surface area (Å²) in [5.41, 5.74) is 0.119. The average Bonchev–Trinajstić information content (AvgIpc) is 2.97. The molecule has 1 saturated heterocycles. The van der Waals surface area contributed by atoms with Gasteiger partial charge in [-0.25, -0.2) is 13.2 Å². The number of hydrogen-bond donors (Lipinski definition) is 1. The minimum atomic E-state index is -3.10. The Bertz CT molecular complexity index is 825.